The van der Waals surface area contributed by atoms with E-state index in [1.165, 1.54) is 12.8 Å². The largest absolute Gasteiger partial charge is 1.00 e. The third-order valence-electron chi connectivity index (χ3n) is 0.724. The van der Waals surface area contributed by atoms with Crippen LogP contribution in [0.15, 0.2) is 6.08 Å². The minimum absolute atomic E-state index is 0. The van der Waals surface area contributed by atoms with E-state index in [0.29, 0.717) is 0 Å². The maximum Gasteiger partial charge on any atom is 1.00 e. The molecule has 0 heterocycles. The Hall–Kier alpha value is 1.38. The number of rotatable bonds is 3. The molecule has 0 amide bonds. The molecule has 0 aliphatic rings. The van der Waals surface area contributed by atoms with Crippen molar-refractivity contribution in [1.29, 1.82) is 0 Å². The predicted octanol–water partition coefficient (Wildman–Crippen LogP) is -0.830. The van der Waals surface area contributed by atoms with Crippen LogP contribution in [0.4, 0.5) is 0 Å². The van der Waals surface area contributed by atoms with Gasteiger partial charge in [0.1, 0.15) is 0 Å². The second kappa shape index (κ2) is 10.4. The van der Waals surface area contributed by atoms with Crippen LogP contribution in [-0.4, -0.2) is 0 Å². The Morgan fingerprint density at radius 2 is 2.14 bits per heavy atom. The minimum Gasteiger partial charge on any atom is -0.518 e. The number of allylic oxidation sites excluding steroid dienone is 1. The first-order valence-electron chi connectivity index (χ1n) is 2.45. The molecule has 0 nitrogen and oxygen atoms in total. The Balaban J connectivity index is 0. The monoisotopic (exact) mass is 122 g/mol. The van der Waals surface area contributed by atoms with E-state index in [4.69, 9.17) is 6.58 Å². The van der Waals surface area contributed by atoms with Crippen LogP contribution in [0.1, 0.15) is 26.2 Å². The Labute approximate surface area is 88.8 Å². The first-order valence-corrected chi connectivity index (χ1v) is 2.45. The third-order valence-corrected chi connectivity index (χ3v) is 0.724. The van der Waals surface area contributed by atoms with Crippen LogP contribution < -0.4 is 51.4 Å². The fourth-order valence-corrected chi connectivity index (χ4v) is 0.322. The molecule has 0 unspecified atom stereocenters. The van der Waals surface area contributed by atoms with Crippen molar-refractivity contribution in [3.05, 3.63) is 12.7 Å². The average molecular weight is 122 g/mol. The van der Waals surface area contributed by atoms with E-state index in [-0.39, 0.29) is 51.4 Å². The second-order valence-corrected chi connectivity index (χ2v) is 1.38. The van der Waals surface area contributed by atoms with Crippen LogP contribution in [0.25, 0.3) is 0 Å². The standard InChI is InChI=1S/C6H11.K/c1-3-5-6-4-2;/h1,3H,4-6H2,2H3;/q-1;+1. The van der Waals surface area contributed by atoms with Crippen LogP contribution >= 0.6 is 0 Å². The summed E-state index contributed by atoms with van der Waals surface area (Å²) in [5, 5.41) is 0. The first kappa shape index (κ1) is 11.2. The molecule has 0 radical (unpaired) electrons. The van der Waals surface area contributed by atoms with Gasteiger partial charge in [-0.1, -0.05) is 26.2 Å². The summed E-state index contributed by atoms with van der Waals surface area (Å²) in [6, 6.07) is 0. The molecule has 0 N–H and O–H groups in total. The normalized spacial score (nSPS) is 7.00. The van der Waals surface area contributed by atoms with Crippen molar-refractivity contribution in [3.8, 4) is 0 Å². The minimum atomic E-state index is 0. The third kappa shape index (κ3) is 11.1. The van der Waals surface area contributed by atoms with Crippen molar-refractivity contribution in [2.24, 2.45) is 0 Å². The second-order valence-electron chi connectivity index (χ2n) is 1.38. The summed E-state index contributed by atoms with van der Waals surface area (Å²) in [6.07, 6.45) is 5.25. The Morgan fingerprint density at radius 3 is 2.29 bits per heavy atom. The summed E-state index contributed by atoms with van der Waals surface area (Å²) in [5.41, 5.74) is 0. The molecular weight excluding hydrogens is 111 g/mol. The van der Waals surface area contributed by atoms with Crippen LogP contribution in [0.5, 0.6) is 0 Å². The smallest absolute Gasteiger partial charge is 0.518 e. The zero-order chi connectivity index (χ0) is 4.83. The van der Waals surface area contributed by atoms with E-state index in [0.717, 1.165) is 6.42 Å². The quantitative estimate of drug-likeness (QED) is 0.260. The molecular formula is C6H11K. The van der Waals surface area contributed by atoms with Crippen LogP contribution in [0, 0.1) is 6.58 Å². The molecule has 0 aromatic carbocycles. The first-order chi connectivity index (χ1) is 2.91. The van der Waals surface area contributed by atoms with Gasteiger partial charge in [0.2, 0.25) is 0 Å². The summed E-state index contributed by atoms with van der Waals surface area (Å²) in [7, 11) is 0. The van der Waals surface area contributed by atoms with Gasteiger partial charge in [-0.05, 0) is 0 Å². The van der Waals surface area contributed by atoms with Gasteiger partial charge in [-0.25, -0.2) is 0 Å². The van der Waals surface area contributed by atoms with Crippen molar-refractivity contribution in [3.63, 3.8) is 0 Å². The zero-order valence-electron chi connectivity index (χ0n) is 5.28. The number of unbranched alkanes of at least 4 members (excludes halogenated alkanes) is 2. The summed E-state index contributed by atoms with van der Waals surface area (Å²) in [5.74, 6) is 0. The van der Waals surface area contributed by atoms with Gasteiger partial charge in [0.25, 0.3) is 0 Å². The predicted molar refractivity (Wildman–Crippen MR) is 28.4 cm³/mol. The van der Waals surface area contributed by atoms with E-state index in [2.05, 4.69) is 6.92 Å². The molecule has 0 bridgehead atoms. The van der Waals surface area contributed by atoms with Crippen molar-refractivity contribution in [2.75, 3.05) is 0 Å². The molecule has 0 atom stereocenters. The average Bonchev–Trinajstić information content (AvgIpc) is 1.61. The van der Waals surface area contributed by atoms with Crippen molar-refractivity contribution >= 4 is 0 Å². The summed E-state index contributed by atoms with van der Waals surface area (Å²) >= 11 is 0. The van der Waals surface area contributed by atoms with Gasteiger partial charge in [-0.3, -0.25) is 6.08 Å². The number of hydrogen-bond acceptors (Lipinski definition) is 0. The van der Waals surface area contributed by atoms with Gasteiger partial charge < -0.3 is 6.58 Å². The van der Waals surface area contributed by atoms with Gasteiger partial charge in [0.05, 0.1) is 0 Å². The van der Waals surface area contributed by atoms with E-state index in [1.54, 1.807) is 6.08 Å². The molecule has 0 rings (SSSR count). The van der Waals surface area contributed by atoms with Crippen molar-refractivity contribution < 1.29 is 51.4 Å². The molecule has 0 aliphatic heterocycles. The van der Waals surface area contributed by atoms with E-state index < -0.39 is 0 Å². The summed E-state index contributed by atoms with van der Waals surface area (Å²) in [4.78, 5) is 0. The Kier molecular flexibility index (Phi) is 16.6. The fraction of sp³-hybridized carbons (Fsp3) is 0.667. The molecule has 36 valence electrons. The fourth-order valence-electron chi connectivity index (χ4n) is 0.322. The van der Waals surface area contributed by atoms with Crippen molar-refractivity contribution in [1.82, 2.24) is 0 Å². The SMILES string of the molecule is [CH-]=CCCCC.[K+]. The summed E-state index contributed by atoms with van der Waals surface area (Å²) < 4.78 is 0. The molecule has 0 spiro atoms. The maximum atomic E-state index is 5.09. The molecule has 0 aliphatic carbocycles. The summed E-state index contributed by atoms with van der Waals surface area (Å²) in [6.45, 7) is 7.25. The van der Waals surface area contributed by atoms with Gasteiger partial charge in [0, 0.05) is 0 Å². The molecule has 0 saturated heterocycles. The van der Waals surface area contributed by atoms with Gasteiger partial charge in [0.15, 0.2) is 0 Å². The van der Waals surface area contributed by atoms with E-state index in [9.17, 15) is 0 Å². The Bertz CT molecular complexity index is 33.2. The van der Waals surface area contributed by atoms with Gasteiger partial charge in [-0.15, -0.1) is 0 Å². The Morgan fingerprint density at radius 1 is 1.57 bits per heavy atom. The maximum absolute atomic E-state index is 5.09. The molecule has 0 aromatic heterocycles. The number of hydrogen-bond donors (Lipinski definition) is 0. The van der Waals surface area contributed by atoms with Gasteiger partial charge in [-0.2, -0.15) is 0 Å². The van der Waals surface area contributed by atoms with Crippen molar-refractivity contribution in [2.45, 2.75) is 26.2 Å². The van der Waals surface area contributed by atoms with Crippen LogP contribution in [0.3, 0.4) is 0 Å². The molecule has 0 fully saturated rings. The van der Waals surface area contributed by atoms with E-state index in [1.807, 2.05) is 0 Å². The van der Waals surface area contributed by atoms with Crippen LogP contribution in [0.2, 0.25) is 0 Å². The zero-order valence-corrected chi connectivity index (χ0v) is 8.40. The topological polar surface area (TPSA) is 0 Å². The molecule has 0 saturated carbocycles. The van der Waals surface area contributed by atoms with Crippen LogP contribution in [-0.2, 0) is 0 Å². The van der Waals surface area contributed by atoms with Gasteiger partial charge >= 0.3 is 51.4 Å². The molecule has 0 aromatic rings. The molecule has 1 heteroatoms. The molecule has 7 heavy (non-hydrogen) atoms. The van der Waals surface area contributed by atoms with E-state index >= 15 is 0 Å².